The van der Waals surface area contributed by atoms with Gasteiger partial charge in [-0.2, -0.15) is 36.5 Å². The Hall–Kier alpha value is -3.38. The van der Waals surface area contributed by atoms with Crippen LogP contribution in [0.15, 0.2) is 30.6 Å². The lowest BCUT2D eigenvalue weighted by Crippen LogP contribution is -2.37. The number of alkyl halides is 6. The van der Waals surface area contributed by atoms with Crippen LogP contribution in [0.25, 0.3) is 5.69 Å². The summed E-state index contributed by atoms with van der Waals surface area (Å²) >= 11 is 0. The first-order valence-corrected chi connectivity index (χ1v) is 9.95. The van der Waals surface area contributed by atoms with Crippen molar-refractivity contribution >= 4 is 5.91 Å². The van der Waals surface area contributed by atoms with Gasteiger partial charge in [0, 0.05) is 31.5 Å². The average Bonchev–Trinajstić information content (AvgIpc) is 3.26. The Bertz CT molecular complexity index is 1180. The molecule has 1 amide bonds. The van der Waals surface area contributed by atoms with Crippen molar-refractivity contribution in [3.05, 3.63) is 58.9 Å². The number of rotatable bonds is 3. The number of aromatic nitrogens is 5. The Balaban J connectivity index is 1.52. The molecule has 0 aromatic carbocycles. The van der Waals surface area contributed by atoms with Crippen molar-refractivity contribution in [1.29, 1.82) is 0 Å². The van der Waals surface area contributed by atoms with Crippen LogP contribution in [0.2, 0.25) is 0 Å². The fourth-order valence-electron chi connectivity index (χ4n) is 3.76. The summed E-state index contributed by atoms with van der Waals surface area (Å²) in [5.74, 6) is -0.690. The minimum atomic E-state index is -4.67. The highest BCUT2D eigenvalue weighted by Gasteiger charge is 2.36. The van der Waals surface area contributed by atoms with E-state index in [1.54, 1.807) is 6.20 Å². The van der Waals surface area contributed by atoms with Gasteiger partial charge in [0.15, 0.2) is 5.69 Å². The van der Waals surface area contributed by atoms with E-state index in [9.17, 15) is 31.1 Å². The SMILES string of the molecule is Cn1nc(C(F)(F)F)cc1C(=O)NC1CCCc2nn(-c3ccnc(C(F)(F)F)c3)cc2C1. The summed E-state index contributed by atoms with van der Waals surface area (Å²) in [6.07, 6.45) is -4.51. The monoisotopic (exact) mass is 472 g/mol. The van der Waals surface area contributed by atoms with Crippen molar-refractivity contribution in [2.45, 2.75) is 44.1 Å². The smallest absolute Gasteiger partial charge is 0.348 e. The van der Waals surface area contributed by atoms with E-state index in [2.05, 4.69) is 20.5 Å². The Kier molecular flexibility index (Phi) is 5.66. The van der Waals surface area contributed by atoms with Gasteiger partial charge in [0.25, 0.3) is 5.91 Å². The minimum absolute atomic E-state index is 0.195. The molecule has 1 aliphatic carbocycles. The van der Waals surface area contributed by atoms with E-state index in [0.717, 1.165) is 22.5 Å². The summed E-state index contributed by atoms with van der Waals surface area (Å²) in [4.78, 5) is 15.9. The molecule has 4 rings (SSSR count). The topological polar surface area (TPSA) is 77.6 Å². The quantitative estimate of drug-likeness (QED) is 0.466. The van der Waals surface area contributed by atoms with Crippen molar-refractivity contribution in [2.24, 2.45) is 7.05 Å². The van der Waals surface area contributed by atoms with Crippen LogP contribution < -0.4 is 5.32 Å². The molecule has 0 bridgehead atoms. The van der Waals surface area contributed by atoms with Crippen molar-refractivity contribution < 1.29 is 31.1 Å². The van der Waals surface area contributed by atoms with Crippen LogP contribution in [0.1, 0.15) is 46.0 Å². The van der Waals surface area contributed by atoms with Crippen molar-refractivity contribution in [2.75, 3.05) is 0 Å². The maximum Gasteiger partial charge on any atom is 0.435 e. The zero-order valence-corrected chi connectivity index (χ0v) is 17.2. The predicted molar refractivity (Wildman–Crippen MR) is 102 cm³/mol. The van der Waals surface area contributed by atoms with Gasteiger partial charge in [-0.1, -0.05) is 0 Å². The maximum absolute atomic E-state index is 13.0. The molecular weight excluding hydrogens is 454 g/mol. The van der Waals surface area contributed by atoms with Gasteiger partial charge >= 0.3 is 12.4 Å². The molecule has 0 fully saturated rings. The molecule has 1 unspecified atom stereocenters. The molecule has 3 aromatic rings. The van der Waals surface area contributed by atoms with Crippen LogP contribution in [0.5, 0.6) is 0 Å². The molecule has 1 aliphatic rings. The van der Waals surface area contributed by atoms with Crippen molar-refractivity contribution in [1.82, 2.24) is 29.9 Å². The second-order valence-electron chi connectivity index (χ2n) is 7.75. The van der Waals surface area contributed by atoms with E-state index < -0.39 is 29.6 Å². The summed E-state index contributed by atoms with van der Waals surface area (Å²) in [5, 5.41) is 10.5. The highest BCUT2D eigenvalue weighted by atomic mass is 19.4. The van der Waals surface area contributed by atoms with E-state index in [1.807, 2.05) is 0 Å². The van der Waals surface area contributed by atoms with Gasteiger partial charge in [0.2, 0.25) is 0 Å². The molecule has 0 saturated heterocycles. The number of fused-ring (bicyclic) bond motifs is 1. The minimum Gasteiger partial charge on any atom is -0.348 e. The highest BCUT2D eigenvalue weighted by molar-refractivity contribution is 5.92. The van der Waals surface area contributed by atoms with Gasteiger partial charge in [0.05, 0.1) is 11.4 Å². The summed E-state index contributed by atoms with van der Waals surface area (Å²) in [6.45, 7) is 0. The molecule has 0 aliphatic heterocycles. The molecule has 0 spiro atoms. The normalized spacial score (nSPS) is 16.9. The number of halogens is 6. The van der Waals surface area contributed by atoms with Crippen molar-refractivity contribution in [3.8, 4) is 5.69 Å². The Morgan fingerprint density at radius 3 is 2.48 bits per heavy atom. The number of nitrogens with one attached hydrogen (secondary N) is 1. The van der Waals surface area contributed by atoms with Crippen LogP contribution in [0.3, 0.4) is 0 Å². The lowest BCUT2D eigenvalue weighted by Gasteiger charge is -2.16. The lowest BCUT2D eigenvalue weighted by atomic mass is 10.1. The van der Waals surface area contributed by atoms with Crippen LogP contribution in [-0.2, 0) is 32.2 Å². The largest absolute Gasteiger partial charge is 0.435 e. The Morgan fingerprint density at radius 1 is 1.09 bits per heavy atom. The van der Waals surface area contributed by atoms with Gasteiger partial charge in [-0.3, -0.25) is 14.5 Å². The Labute approximate surface area is 183 Å². The average molecular weight is 472 g/mol. The third-order valence-corrected chi connectivity index (χ3v) is 5.35. The summed E-state index contributed by atoms with van der Waals surface area (Å²) in [7, 11) is 1.25. The third kappa shape index (κ3) is 4.86. The van der Waals surface area contributed by atoms with E-state index in [4.69, 9.17) is 0 Å². The number of nitrogens with zero attached hydrogens (tertiary/aromatic N) is 5. The highest BCUT2D eigenvalue weighted by Crippen LogP contribution is 2.30. The number of amides is 1. The van der Waals surface area contributed by atoms with E-state index >= 15 is 0 Å². The molecule has 3 heterocycles. The first-order chi connectivity index (χ1) is 15.4. The third-order valence-electron chi connectivity index (χ3n) is 5.35. The maximum atomic E-state index is 13.0. The lowest BCUT2D eigenvalue weighted by molar-refractivity contribution is -0.142. The number of carbonyl (C=O) groups excluding carboxylic acids is 1. The van der Waals surface area contributed by atoms with Crippen LogP contribution >= 0.6 is 0 Å². The molecule has 7 nitrogen and oxygen atoms in total. The number of pyridine rings is 1. The molecule has 13 heteroatoms. The molecule has 33 heavy (non-hydrogen) atoms. The van der Waals surface area contributed by atoms with E-state index in [0.29, 0.717) is 37.4 Å². The Morgan fingerprint density at radius 2 is 1.82 bits per heavy atom. The molecule has 1 atom stereocenters. The fraction of sp³-hybridized carbons (Fsp3) is 0.400. The zero-order valence-electron chi connectivity index (χ0n) is 17.2. The van der Waals surface area contributed by atoms with Crippen LogP contribution in [0, 0.1) is 0 Å². The molecule has 0 radical (unpaired) electrons. The van der Waals surface area contributed by atoms with E-state index in [-0.39, 0.29) is 17.4 Å². The standard InChI is InChI=1S/C20H18F6N6O/c1-31-15(9-17(30-31)20(24,25)26)18(33)28-12-3-2-4-14-11(7-12)10-32(29-14)13-5-6-27-16(8-13)19(21,22)23/h5-6,8-10,12H,2-4,7H2,1H3,(H,28,33). The fourth-order valence-corrected chi connectivity index (χ4v) is 3.76. The van der Waals surface area contributed by atoms with Crippen molar-refractivity contribution in [3.63, 3.8) is 0 Å². The van der Waals surface area contributed by atoms with Gasteiger partial charge < -0.3 is 5.32 Å². The predicted octanol–water partition coefficient (Wildman–Crippen LogP) is 3.72. The second-order valence-corrected chi connectivity index (χ2v) is 7.75. The first-order valence-electron chi connectivity index (χ1n) is 9.95. The second kappa shape index (κ2) is 8.19. The molecule has 176 valence electrons. The van der Waals surface area contributed by atoms with Gasteiger partial charge in [-0.05, 0) is 43.4 Å². The molecule has 0 saturated carbocycles. The first kappa shape index (κ1) is 22.8. The molecule has 1 N–H and O–H groups in total. The zero-order chi connectivity index (χ0) is 24.0. The molecular formula is C20H18F6N6O. The number of aryl methyl sites for hydroxylation is 2. The molecule has 3 aromatic heterocycles. The number of carbonyl (C=O) groups is 1. The summed E-state index contributed by atoms with van der Waals surface area (Å²) in [6, 6.07) is 2.61. The van der Waals surface area contributed by atoms with Gasteiger partial charge in [0.1, 0.15) is 11.4 Å². The van der Waals surface area contributed by atoms with Gasteiger partial charge in [-0.15, -0.1) is 0 Å². The van der Waals surface area contributed by atoms with E-state index in [1.165, 1.54) is 17.8 Å². The van der Waals surface area contributed by atoms with Gasteiger partial charge in [-0.25, -0.2) is 4.68 Å². The van der Waals surface area contributed by atoms with Crippen LogP contribution in [0.4, 0.5) is 26.3 Å². The number of hydrogen-bond donors (Lipinski definition) is 1. The number of hydrogen-bond acceptors (Lipinski definition) is 4. The summed E-state index contributed by atoms with van der Waals surface area (Å²) < 4.78 is 79.7. The summed E-state index contributed by atoms with van der Waals surface area (Å²) in [5.41, 5.74) is -0.791. The van der Waals surface area contributed by atoms with Crippen LogP contribution in [-0.4, -0.2) is 36.5 Å².